The molecule has 3 nitrogen and oxygen atoms in total. The quantitative estimate of drug-likeness (QED) is 0.360. The molecule has 0 radical (unpaired) electrons. The van der Waals surface area contributed by atoms with E-state index < -0.39 is 0 Å². The maximum absolute atomic E-state index is 4.99. The third kappa shape index (κ3) is 9.73. The van der Waals surface area contributed by atoms with Gasteiger partial charge in [0.05, 0.1) is 0 Å². The average molecular weight is 331 g/mol. The predicted octanol–water partition coefficient (Wildman–Crippen LogP) is 3.09. The molecule has 0 aromatic carbocycles. The van der Waals surface area contributed by atoms with Gasteiger partial charge >= 0.3 is 17.1 Å². The number of hydrazone groups is 1. The summed E-state index contributed by atoms with van der Waals surface area (Å²) < 4.78 is 0. The molecule has 0 heterocycles. The summed E-state index contributed by atoms with van der Waals surface area (Å²) in [4.78, 5) is 0. The molecule has 0 atom stereocenters. The first kappa shape index (κ1) is 18.8. The van der Waals surface area contributed by atoms with Crippen LogP contribution in [0.5, 0.6) is 0 Å². The van der Waals surface area contributed by atoms with Gasteiger partial charge < -0.3 is 5.32 Å². The van der Waals surface area contributed by atoms with Crippen LogP contribution in [-0.2, 0) is 17.1 Å². The summed E-state index contributed by atoms with van der Waals surface area (Å²) in [5.74, 6) is 0.302. The molecule has 5 heteroatoms. The van der Waals surface area contributed by atoms with E-state index in [0.29, 0.717) is 11.0 Å². The first-order valence-corrected chi connectivity index (χ1v) is 6.97. The monoisotopic (exact) mass is 331 g/mol. The zero-order valence-electron chi connectivity index (χ0n) is 11.6. The van der Waals surface area contributed by atoms with Crippen LogP contribution in [0.25, 0.3) is 0 Å². The Balaban J connectivity index is 0.000000507. The molecule has 108 valence electrons. The molecule has 2 N–H and O–H groups in total. The van der Waals surface area contributed by atoms with E-state index in [-0.39, 0.29) is 17.1 Å². The van der Waals surface area contributed by atoms with Crippen molar-refractivity contribution in [2.75, 3.05) is 6.54 Å². The fourth-order valence-electron chi connectivity index (χ4n) is 1.40. The minimum Gasteiger partial charge on any atom is -0.361 e. The number of thiocarbonyl (C=S) groups is 1. The normalized spacial score (nSPS) is 15.1. The summed E-state index contributed by atoms with van der Waals surface area (Å²) in [7, 11) is 0. The Kier molecular flexibility index (Phi) is 12.1. The van der Waals surface area contributed by atoms with E-state index in [1.807, 2.05) is 18.4 Å². The van der Waals surface area contributed by atoms with Crippen LogP contribution in [0.4, 0.5) is 0 Å². The van der Waals surface area contributed by atoms with Gasteiger partial charge in [-0.05, 0) is 25.1 Å². The van der Waals surface area contributed by atoms with Gasteiger partial charge in [0, 0.05) is 18.7 Å². The van der Waals surface area contributed by atoms with Crippen LogP contribution < -0.4 is 10.7 Å². The molecule has 2 rings (SSSR count). The van der Waals surface area contributed by atoms with E-state index in [0.717, 1.165) is 19.4 Å². The summed E-state index contributed by atoms with van der Waals surface area (Å²) in [6.07, 6.45) is 20.5. The molecule has 2 aliphatic rings. The van der Waals surface area contributed by atoms with Gasteiger partial charge in [0.1, 0.15) is 0 Å². The third-order valence-corrected chi connectivity index (χ3v) is 2.62. The van der Waals surface area contributed by atoms with Crippen molar-refractivity contribution < 1.29 is 17.1 Å². The van der Waals surface area contributed by atoms with Crippen LogP contribution in [0.2, 0.25) is 0 Å². The molecule has 0 bridgehead atoms. The summed E-state index contributed by atoms with van der Waals surface area (Å²) in [5, 5.41) is 7.63. The smallest absolute Gasteiger partial charge is 0.361 e. The van der Waals surface area contributed by atoms with E-state index in [2.05, 4.69) is 59.2 Å². The van der Waals surface area contributed by atoms with E-state index in [9.17, 15) is 0 Å². The second-order valence-electron chi connectivity index (χ2n) is 4.09. The molecule has 0 aromatic rings. The van der Waals surface area contributed by atoms with Crippen molar-refractivity contribution in [3.05, 3.63) is 48.6 Å². The van der Waals surface area contributed by atoms with Crippen LogP contribution in [0.3, 0.4) is 0 Å². The van der Waals surface area contributed by atoms with Gasteiger partial charge in [0.2, 0.25) is 0 Å². The van der Waals surface area contributed by atoms with Crippen LogP contribution in [0, 0.1) is 5.92 Å². The van der Waals surface area contributed by atoms with Gasteiger partial charge in [-0.15, -0.1) is 0 Å². The Morgan fingerprint density at radius 1 is 1.25 bits per heavy atom. The number of nitrogens with one attached hydrogen (secondary N) is 2. The van der Waals surface area contributed by atoms with Gasteiger partial charge in [-0.2, -0.15) is 5.10 Å². The molecule has 0 aliphatic heterocycles. The van der Waals surface area contributed by atoms with Crippen molar-refractivity contribution in [2.45, 2.75) is 19.8 Å². The van der Waals surface area contributed by atoms with Crippen molar-refractivity contribution in [3.8, 4) is 0 Å². The number of rotatable bonds is 4. The zero-order chi connectivity index (χ0) is 13.8. The van der Waals surface area contributed by atoms with E-state index in [1.54, 1.807) is 0 Å². The molecule has 20 heavy (non-hydrogen) atoms. The molecule has 0 unspecified atom stereocenters. The molecule has 0 aromatic heterocycles. The van der Waals surface area contributed by atoms with Gasteiger partial charge in [-0.3, -0.25) is 5.43 Å². The number of allylic oxidation sites excluding steroid dienone is 8. The van der Waals surface area contributed by atoms with Crippen LogP contribution in [0.15, 0.2) is 53.7 Å². The van der Waals surface area contributed by atoms with Gasteiger partial charge in [0.15, 0.2) is 5.11 Å². The molecule has 0 amide bonds. The molecule has 0 spiro atoms. The topological polar surface area (TPSA) is 36.4 Å². The maximum atomic E-state index is 4.99. The maximum Gasteiger partial charge on any atom is 2.00 e. The molecule has 0 saturated heterocycles. The first-order valence-electron chi connectivity index (χ1n) is 6.56. The minimum atomic E-state index is 0. The van der Waals surface area contributed by atoms with Gasteiger partial charge in [-0.1, -0.05) is 55.5 Å². The molecule has 2 aliphatic carbocycles. The summed E-state index contributed by atoms with van der Waals surface area (Å²) in [5.41, 5.74) is 2.77. The van der Waals surface area contributed by atoms with Crippen molar-refractivity contribution in [3.63, 3.8) is 0 Å². The van der Waals surface area contributed by atoms with Crippen LogP contribution in [0.1, 0.15) is 19.8 Å². The molecular formula is C15H21FeN3S+2. The second-order valence-corrected chi connectivity index (χ2v) is 4.49. The Morgan fingerprint density at radius 3 is 2.40 bits per heavy atom. The summed E-state index contributed by atoms with van der Waals surface area (Å²) in [6.45, 7) is 2.97. The number of hydrogen-bond acceptors (Lipinski definition) is 2. The van der Waals surface area contributed by atoms with Crippen molar-refractivity contribution in [1.29, 1.82) is 0 Å². The number of nitrogens with zero attached hydrogens (tertiary/aromatic N) is 1. The SMILES string of the molecule is C1=CCC=C1.CCCNC(=S)N/N=C/C1C=CC=C1.[Fe+2]. The minimum absolute atomic E-state index is 0. The van der Waals surface area contributed by atoms with E-state index >= 15 is 0 Å². The summed E-state index contributed by atoms with van der Waals surface area (Å²) in [6, 6.07) is 0. The summed E-state index contributed by atoms with van der Waals surface area (Å²) >= 11 is 4.99. The van der Waals surface area contributed by atoms with Crippen molar-refractivity contribution in [2.24, 2.45) is 11.0 Å². The zero-order valence-corrected chi connectivity index (χ0v) is 13.5. The third-order valence-electron chi connectivity index (χ3n) is 2.38. The standard InChI is InChI=1S/C10H15N3S.C5H6.Fe/c1-2-7-11-10(14)13-12-8-9-5-3-4-6-9;1-2-4-5-3-1;/h3-6,8-9H,2,7H2,1H3,(H2,11,13,14);1-4H,5H2;/q;;+2/b12-8+;;. The van der Waals surface area contributed by atoms with Crippen LogP contribution in [-0.4, -0.2) is 17.9 Å². The fraction of sp³-hybridized carbons (Fsp3) is 0.333. The first-order chi connectivity index (χ1) is 9.33. The molecule has 0 saturated carbocycles. The van der Waals surface area contributed by atoms with Gasteiger partial charge in [0.25, 0.3) is 0 Å². The molecular weight excluding hydrogens is 310 g/mol. The number of hydrogen-bond donors (Lipinski definition) is 2. The Hall–Kier alpha value is -1.16. The Labute approximate surface area is 137 Å². The van der Waals surface area contributed by atoms with Gasteiger partial charge in [-0.25, -0.2) is 0 Å². The largest absolute Gasteiger partial charge is 2.00 e. The predicted molar refractivity (Wildman–Crippen MR) is 87.2 cm³/mol. The molecule has 0 fully saturated rings. The van der Waals surface area contributed by atoms with E-state index in [1.165, 1.54) is 0 Å². The van der Waals surface area contributed by atoms with Crippen LogP contribution >= 0.6 is 12.2 Å². The fourth-order valence-corrected chi connectivity index (χ4v) is 1.56. The second kappa shape index (κ2) is 12.9. The van der Waals surface area contributed by atoms with Crippen molar-refractivity contribution >= 4 is 23.5 Å². The van der Waals surface area contributed by atoms with E-state index in [4.69, 9.17) is 12.2 Å². The Bertz CT molecular complexity index is 389. The Morgan fingerprint density at radius 2 is 1.90 bits per heavy atom. The van der Waals surface area contributed by atoms with Crippen molar-refractivity contribution in [1.82, 2.24) is 10.7 Å². The average Bonchev–Trinajstić information content (AvgIpc) is 3.11.